The maximum atomic E-state index is 12.7. The Kier molecular flexibility index (Phi) is 5.43. The molecule has 1 heterocycles. The predicted molar refractivity (Wildman–Crippen MR) is 92.7 cm³/mol. The molecule has 4 nitrogen and oxygen atoms in total. The van der Waals surface area contributed by atoms with E-state index in [4.69, 9.17) is 4.42 Å². The van der Waals surface area contributed by atoms with E-state index in [0.717, 1.165) is 23.3 Å². The van der Waals surface area contributed by atoms with Gasteiger partial charge >= 0.3 is 6.18 Å². The Hall–Kier alpha value is -2.19. The molecule has 0 aliphatic rings. The highest BCUT2D eigenvalue weighted by atomic mass is 79.9. The summed E-state index contributed by atoms with van der Waals surface area (Å²) in [6.07, 6.45) is -4.85. The van der Waals surface area contributed by atoms with E-state index in [1.807, 2.05) is 12.1 Å². The molecule has 26 heavy (non-hydrogen) atoms. The zero-order chi connectivity index (χ0) is 18.7. The van der Waals surface area contributed by atoms with Crippen LogP contribution in [-0.2, 0) is 12.6 Å². The summed E-state index contributed by atoms with van der Waals surface area (Å²) in [4.78, 5) is 0. The minimum absolute atomic E-state index is 0.0983. The maximum absolute atomic E-state index is 12.7. The van der Waals surface area contributed by atoms with E-state index in [2.05, 4.69) is 26.1 Å². The fraction of sp³-hybridized carbons (Fsp3) is 0.222. The minimum Gasteiger partial charge on any atom is -0.418 e. The third kappa shape index (κ3) is 4.13. The topological polar surface area (TPSA) is 59.2 Å². The third-order valence-electron chi connectivity index (χ3n) is 3.80. The molecular formula is C18H14BrF3N2O2. The van der Waals surface area contributed by atoms with Gasteiger partial charge in [-0.3, -0.25) is 0 Å². The summed E-state index contributed by atoms with van der Waals surface area (Å²) in [5.41, 5.74) is 1.55. The largest absolute Gasteiger partial charge is 0.418 e. The van der Waals surface area contributed by atoms with Crippen molar-refractivity contribution in [3.63, 3.8) is 0 Å². The van der Waals surface area contributed by atoms with Gasteiger partial charge in [-0.05, 0) is 35.7 Å². The molecule has 1 N–H and O–H groups in total. The first-order valence-corrected chi connectivity index (χ1v) is 8.82. The Morgan fingerprint density at radius 2 is 1.73 bits per heavy atom. The number of aliphatic hydroxyl groups excluding tert-OH is 1. The highest BCUT2D eigenvalue weighted by Crippen LogP contribution is 2.30. The van der Waals surface area contributed by atoms with Crippen LogP contribution in [0.4, 0.5) is 13.2 Å². The fourth-order valence-corrected chi connectivity index (χ4v) is 2.74. The lowest BCUT2D eigenvalue weighted by Crippen LogP contribution is -2.04. The number of alkyl halides is 4. The average Bonchev–Trinajstić information content (AvgIpc) is 3.11. The van der Waals surface area contributed by atoms with Gasteiger partial charge in [-0.25, -0.2) is 0 Å². The zero-order valence-corrected chi connectivity index (χ0v) is 15.0. The number of nitrogens with zero attached hydrogens (tertiary/aromatic N) is 2. The molecule has 1 atom stereocenters. The van der Waals surface area contributed by atoms with Gasteiger partial charge in [-0.15, -0.1) is 10.2 Å². The number of hydrogen-bond donors (Lipinski definition) is 1. The van der Waals surface area contributed by atoms with E-state index < -0.39 is 17.8 Å². The van der Waals surface area contributed by atoms with Crippen molar-refractivity contribution >= 4 is 15.9 Å². The predicted octanol–water partition coefficient (Wildman–Crippen LogP) is 4.77. The van der Waals surface area contributed by atoms with Crippen molar-refractivity contribution in [1.82, 2.24) is 10.2 Å². The van der Waals surface area contributed by atoms with E-state index in [9.17, 15) is 18.3 Å². The second-order valence-corrected chi connectivity index (χ2v) is 6.29. The molecule has 136 valence electrons. The number of benzene rings is 2. The van der Waals surface area contributed by atoms with Crippen LogP contribution in [0.3, 0.4) is 0 Å². The van der Waals surface area contributed by atoms with Crippen LogP contribution >= 0.6 is 15.9 Å². The SMILES string of the molecule is OC(CBr)c1nnc(-c2ccccc2Cc2ccc(C(F)(F)F)cc2)o1. The minimum atomic E-state index is -4.35. The van der Waals surface area contributed by atoms with Crippen LogP contribution in [0.15, 0.2) is 52.9 Å². The number of hydrogen-bond acceptors (Lipinski definition) is 4. The molecule has 0 amide bonds. The van der Waals surface area contributed by atoms with Gasteiger partial charge in [0.1, 0.15) is 6.10 Å². The molecule has 0 spiro atoms. The molecule has 0 fully saturated rings. The lowest BCUT2D eigenvalue weighted by Gasteiger charge is -2.09. The summed E-state index contributed by atoms with van der Waals surface area (Å²) in [6.45, 7) is 0. The Morgan fingerprint density at radius 1 is 1.04 bits per heavy atom. The Bertz CT molecular complexity index is 879. The third-order valence-corrected chi connectivity index (χ3v) is 4.41. The highest BCUT2D eigenvalue weighted by Gasteiger charge is 2.30. The lowest BCUT2D eigenvalue weighted by atomic mass is 9.99. The number of rotatable bonds is 5. The van der Waals surface area contributed by atoms with Crippen LogP contribution in [-0.4, -0.2) is 20.6 Å². The fourth-order valence-electron chi connectivity index (χ4n) is 2.46. The molecule has 0 saturated heterocycles. The maximum Gasteiger partial charge on any atom is 0.416 e. The monoisotopic (exact) mass is 426 g/mol. The van der Waals surface area contributed by atoms with Gasteiger partial charge in [-0.2, -0.15) is 13.2 Å². The van der Waals surface area contributed by atoms with Crippen LogP contribution in [0, 0.1) is 0 Å². The Morgan fingerprint density at radius 3 is 2.38 bits per heavy atom. The quantitative estimate of drug-likeness (QED) is 0.596. The summed E-state index contributed by atoms with van der Waals surface area (Å²) in [5, 5.41) is 17.8. The van der Waals surface area contributed by atoms with Gasteiger partial charge in [0.15, 0.2) is 0 Å². The molecule has 1 unspecified atom stereocenters. The van der Waals surface area contributed by atoms with Gasteiger partial charge in [0.05, 0.1) is 5.56 Å². The molecule has 0 bridgehead atoms. The van der Waals surface area contributed by atoms with Gasteiger partial charge in [0.2, 0.25) is 11.8 Å². The lowest BCUT2D eigenvalue weighted by molar-refractivity contribution is -0.137. The molecule has 3 aromatic rings. The van der Waals surface area contributed by atoms with Crippen molar-refractivity contribution in [2.45, 2.75) is 18.7 Å². The van der Waals surface area contributed by atoms with Crippen molar-refractivity contribution in [3.8, 4) is 11.5 Å². The molecule has 0 aliphatic carbocycles. The summed E-state index contributed by atoms with van der Waals surface area (Å²) in [6, 6.07) is 12.3. The second kappa shape index (κ2) is 7.59. The van der Waals surface area contributed by atoms with E-state index in [0.29, 0.717) is 12.0 Å². The second-order valence-electron chi connectivity index (χ2n) is 5.64. The molecule has 1 aromatic heterocycles. The van der Waals surface area contributed by atoms with Crippen LogP contribution < -0.4 is 0 Å². The molecule has 3 rings (SSSR count). The molecule has 0 radical (unpaired) electrons. The van der Waals surface area contributed by atoms with E-state index in [1.54, 1.807) is 12.1 Å². The van der Waals surface area contributed by atoms with Gasteiger partial charge in [0, 0.05) is 10.9 Å². The van der Waals surface area contributed by atoms with Crippen molar-refractivity contribution in [3.05, 3.63) is 71.1 Å². The first-order valence-electron chi connectivity index (χ1n) is 7.70. The van der Waals surface area contributed by atoms with Crippen molar-refractivity contribution in [2.75, 3.05) is 5.33 Å². The standard InChI is InChI=1S/C18H14BrF3N2O2/c19-10-15(25)17-24-23-16(26-17)14-4-2-1-3-12(14)9-11-5-7-13(8-6-11)18(20,21)22/h1-8,15,25H,9-10H2. The first kappa shape index (κ1) is 18.6. The smallest absolute Gasteiger partial charge is 0.416 e. The van der Waals surface area contributed by atoms with Crippen LogP contribution in [0.2, 0.25) is 0 Å². The molecule has 2 aromatic carbocycles. The van der Waals surface area contributed by atoms with Crippen molar-refractivity contribution < 1.29 is 22.7 Å². The first-order chi connectivity index (χ1) is 12.4. The Balaban J connectivity index is 1.87. The zero-order valence-electron chi connectivity index (χ0n) is 13.4. The summed E-state index contributed by atoms with van der Waals surface area (Å²) in [5.74, 6) is 0.351. The van der Waals surface area contributed by atoms with Crippen molar-refractivity contribution in [2.24, 2.45) is 0 Å². The van der Waals surface area contributed by atoms with E-state index >= 15 is 0 Å². The Labute approximate surface area is 155 Å². The summed E-state index contributed by atoms with van der Waals surface area (Å²) >= 11 is 3.14. The van der Waals surface area contributed by atoms with Crippen LogP contribution in [0.1, 0.15) is 28.7 Å². The molecular weight excluding hydrogens is 413 g/mol. The van der Waals surface area contributed by atoms with Crippen molar-refractivity contribution in [1.29, 1.82) is 0 Å². The van der Waals surface area contributed by atoms with Gasteiger partial charge in [-0.1, -0.05) is 46.3 Å². The van der Waals surface area contributed by atoms with E-state index in [-0.39, 0.29) is 17.1 Å². The van der Waals surface area contributed by atoms with E-state index in [1.165, 1.54) is 12.1 Å². The molecule has 0 saturated carbocycles. The normalized spacial score (nSPS) is 13.0. The molecule has 0 aliphatic heterocycles. The van der Waals surface area contributed by atoms with Crippen LogP contribution in [0.25, 0.3) is 11.5 Å². The number of aliphatic hydroxyl groups is 1. The summed E-state index contributed by atoms with van der Waals surface area (Å²) < 4.78 is 43.5. The summed E-state index contributed by atoms with van der Waals surface area (Å²) in [7, 11) is 0. The highest BCUT2D eigenvalue weighted by molar-refractivity contribution is 9.09. The average molecular weight is 427 g/mol. The van der Waals surface area contributed by atoms with Gasteiger partial charge in [0.25, 0.3) is 0 Å². The number of halogens is 4. The van der Waals surface area contributed by atoms with Gasteiger partial charge < -0.3 is 9.52 Å². The number of aromatic nitrogens is 2. The molecule has 8 heteroatoms. The van der Waals surface area contributed by atoms with Crippen LogP contribution in [0.5, 0.6) is 0 Å².